The van der Waals surface area contributed by atoms with Gasteiger partial charge in [-0.2, -0.15) is 0 Å². The summed E-state index contributed by atoms with van der Waals surface area (Å²) in [4.78, 5) is 12.2. The van der Waals surface area contributed by atoms with Crippen LogP contribution in [0.15, 0.2) is 99.9 Å². The second-order valence-corrected chi connectivity index (χ2v) is 10.3. The zero-order chi connectivity index (χ0) is 24.2. The van der Waals surface area contributed by atoms with E-state index in [2.05, 4.69) is 27.5 Å². The Labute approximate surface area is 202 Å². The predicted octanol–water partition coefficient (Wildman–Crippen LogP) is 4.67. The minimum absolute atomic E-state index is 0.00603. The molecule has 0 amide bonds. The molecule has 0 N–H and O–H groups in total. The Hall–Kier alpha value is -3.14. The number of fused-ring (bicyclic) bond motifs is 1. The van der Waals surface area contributed by atoms with Gasteiger partial charge in [-0.1, -0.05) is 0 Å². The van der Waals surface area contributed by atoms with Crippen LogP contribution in [0, 0.1) is 12.6 Å². The average molecular weight is 493 g/mol. The molecule has 2 aromatic rings. The third-order valence-corrected chi connectivity index (χ3v) is 8.06. The summed E-state index contributed by atoms with van der Waals surface area (Å²) >= 11 is 3.60. The summed E-state index contributed by atoms with van der Waals surface area (Å²) < 4.78 is 26.1. The number of benzene rings is 2. The molecule has 33 heavy (non-hydrogen) atoms. The van der Waals surface area contributed by atoms with Crippen LogP contribution in [0.2, 0.25) is 0 Å². The van der Waals surface area contributed by atoms with E-state index in [0.717, 1.165) is 9.98 Å². The molecular weight excluding hydrogens is 473 g/mol. The average Bonchev–Trinajstić information content (AvgIpc) is 3.01. The summed E-state index contributed by atoms with van der Waals surface area (Å²) in [6.45, 7) is 9.81. The van der Waals surface area contributed by atoms with Crippen molar-refractivity contribution in [3.05, 3.63) is 124 Å². The topological polar surface area (TPSA) is 73.5 Å². The molecule has 0 radical (unpaired) electrons. The van der Waals surface area contributed by atoms with Gasteiger partial charge in [-0.25, -0.2) is 0 Å². The van der Waals surface area contributed by atoms with E-state index >= 15 is 0 Å². The Morgan fingerprint density at radius 2 is 1.88 bits per heavy atom. The van der Waals surface area contributed by atoms with E-state index in [0.29, 0.717) is 5.57 Å². The van der Waals surface area contributed by atoms with Crippen molar-refractivity contribution in [2.45, 2.75) is 24.2 Å². The molecule has 0 saturated carbocycles. The second kappa shape index (κ2) is 9.78. The fraction of sp³-hybridized carbons (Fsp3) is 0.111. The van der Waals surface area contributed by atoms with Crippen LogP contribution in [0.5, 0.6) is 0 Å². The summed E-state index contributed by atoms with van der Waals surface area (Å²) in [7, 11) is -3.89. The van der Waals surface area contributed by atoms with Crippen LogP contribution >= 0.6 is 0 Å². The van der Waals surface area contributed by atoms with Crippen molar-refractivity contribution in [3.8, 4) is 0 Å². The van der Waals surface area contributed by atoms with Gasteiger partial charge in [-0.3, -0.25) is 0 Å². The Morgan fingerprint density at radius 3 is 2.48 bits per heavy atom. The van der Waals surface area contributed by atoms with Gasteiger partial charge in [0, 0.05) is 0 Å². The van der Waals surface area contributed by atoms with E-state index in [4.69, 9.17) is 6.58 Å². The van der Waals surface area contributed by atoms with Gasteiger partial charge in [0.25, 0.3) is 0 Å². The molecule has 0 aromatic heterocycles. The number of hydrogen-bond acceptors (Lipinski definition) is 3. The number of rotatable bonds is 7. The molecule has 2 aromatic carbocycles. The number of nitrogens with zero attached hydrogens (tertiary/aromatic N) is 1. The quantitative estimate of drug-likeness (QED) is 0.185. The van der Waals surface area contributed by atoms with Crippen LogP contribution in [0.1, 0.15) is 29.8 Å². The van der Waals surface area contributed by atoms with E-state index in [1.165, 1.54) is 36.4 Å². The van der Waals surface area contributed by atoms with Crippen molar-refractivity contribution < 1.29 is 28.8 Å². The molecule has 6 heteroatoms. The van der Waals surface area contributed by atoms with Crippen molar-refractivity contribution in [3.63, 3.8) is 0 Å². The van der Waals surface area contributed by atoms with Crippen molar-refractivity contribution in [1.29, 1.82) is 0 Å². The number of ketones is 1. The predicted molar refractivity (Wildman–Crippen MR) is 127 cm³/mol. The Morgan fingerprint density at radius 1 is 1.18 bits per heavy atom. The molecule has 0 aliphatic carbocycles. The summed E-state index contributed by atoms with van der Waals surface area (Å²) in [6.07, 6.45) is 7.05. The fourth-order valence-electron chi connectivity index (χ4n) is 3.30. The molecule has 1 heterocycles. The standard InChI is InChI=1S/C27H20NO3S.Mn/c1-4-20(17-18-27(2,3)22-12-6-5-7-13-22)21(19-28)11-10-16-25-26(29)23-14-8-9-15-24(23)32(25,30)31;/h1,4-12,14-17H,2-3H3;/q-3;/b11-10+,20-17+,25-16-;. The molecule has 0 unspecified atom stereocenters. The normalized spacial score (nSPS) is 16.5. The first-order valence-electron chi connectivity index (χ1n) is 9.96. The summed E-state index contributed by atoms with van der Waals surface area (Å²) in [6, 6.07) is 16.9. The van der Waals surface area contributed by atoms with E-state index in [-0.39, 0.29) is 20.9 Å². The van der Waals surface area contributed by atoms with Gasteiger partial charge in [0.05, 0.1) is 0 Å². The van der Waals surface area contributed by atoms with Gasteiger partial charge < -0.3 is 0 Å². The molecule has 0 atom stereocenters. The molecule has 167 valence electrons. The number of hydrogen-bond donors (Lipinski definition) is 0. The van der Waals surface area contributed by atoms with Crippen LogP contribution < -0.4 is 0 Å². The molecule has 4 nitrogen and oxygen atoms in total. The summed E-state index contributed by atoms with van der Waals surface area (Å²) in [5, 5.41) is 9.66. The van der Waals surface area contributed by atoms with Gasteiger partial charge in [-0.15, -0.1) is 0 Å². The Bertz CT molecular complexity index is 1390. The van der Waals surface area contributed by atoms with Gasteiger partial charge in [-0.05, 0) is 0 Å². The molecule has 0 spiro atoms. The molecular formula is C27H20MnNO3S-3. The van der Waals surface area contributed by atoms with E-state index in [1.54, 1.807) is 18.2 Å². The molecule has 1 aliphatic heterocycles. The van der Waals surface area contributed by atoms with Gasteiger partial charge in [0.1, 0.15) is 0 Å². The van der Waals surface area contributed by atoms with Crippen molar-refractivity contribution in [1.82, 2.24) is 0 Å². The molecule has 0 saturated heterocycles. The summed E-state index contributed by atoms with van der Waals surface area (Å²) in [5.74, 6) is 1.51. The van der Waals surface area contributed by atoms with Gasteiger partial charge in [0.15, 0.2) is 0 Å². The minimum atomic E-state index is -3.89. The van der Waals surface area contributed by atoms with Crippen molar-refractivity contribution in [2.24, 2.45) is 0 Å². The van der Waals surface area contributed by atoms with Gasteiger partial charge >= 0.3 is 203 Å². The Kier molecular flexibility index (Phi) is 7.26. The van der Waals surface area contributed by atoms with E-state index in [1.807, 2.05) is 38.1 Å². The molecule has 0 fully saturated rings. The van der Waals surface area contributed by atoms with Crippen molar-refractivity contribution in [2.75, 3.05) is 0 Å². The van der Waals surface area contributed by atoms with Crippen LogP contribution in [0.4, 0.5) is 0 Å². The number of Topliss-reactive ketones (excluding diaryl/α,β-unsaturated/α-hetero) is 1. The maximum atomic E-state index is 12.7. The van der Waals surface area contributed by atoms with Gasteiger partial charge in [0.2, 0.25) is 0 Å². The zero-order valence-corrected chi connectivity index (χ0v) is 20.0. The first kappa shape index (κ1) is 24.5. The zero-order valence-electron chi connectivity index (χ0n) is 18.0. The monoisotopic (exact) mass is 493 g/mol. The van der Waals surface area contributed by atoms with Crippen LogP contribution in [-0.2, 0) is 30.8 Å². The molecule has 1 aliphatic rings. The van der Waals surface area contributed by atoms with E-state index in [9.17, 15) is 18.6 Å². The van der Waals surface area contributed by atoms with Crippen LogP contribution in [0.3, 0.4) is 0 Å². The number of allylic oxidation sites excluding steroid dienone is 8. The van der Waals surface area contributed by atoms with Crippen molar-refractivity contribution >= 4 is 25.9 Å². The third-order valence-electron chi connectivity index (χ3n) is 5.32. The van der Waals surface area contributed by atoms with Crippen LogP contribution in [0.25, 0.3) is 5.41 Å². The first-order chi connectivity index (χ1) is 15.6. The number of sulfone groups is 1. The number of carbonyl (C=O) groups is 1. The maximum absolute atomic E-state index is 12.7. The second-order valence-electron chi connectivity index (χ2n) is 7.76. The van der Waals surface area contributed by atoms with E-state index < -0.39 is 21.0 Å². The fourth-order valence-corrected chi connectivity index (χ4v) is 5.20. The first-order valence-corrected chi connectivity index (χ1v) is 12.0. The third kappa shape index (κ3) is 4.80. The molecule has 0 bridgehead atoms. The molecule has 3 rings (SSSR count). The summed E-state index contributed by atoms with van der Waals surface area (Å²) in [5.41, 5.74) is 1.31. The SMILES string of the molecule is [CH-]=C/C(=C\[C](=[Mn])C(C)(C)c1[c-]cccc1)C(=C=[N-])/C=C/C=C1/C(=O)c2ccccc2S1(=O)=O. The number of carbonyl (C=O) groups excluding carboxylic acids is 1. The Balaban J connectivity index is 1.90. The van der Waals surface area contributed by atoms with Crippen LogP contribution in [-0.4, -0.2) is 24.5 Å².